The summed E-state index contributed by atoms with van der Waals surface area (Å²) in [5.41, 5.74) is 0.648. The predicted octanol–water partition coefficient (Wildman–Crippen LogP) is 4.46. The third-order valence-corrected chi connectivity index (χ3v) is 5.04. The predicted molar refractivity (Wildman–Crippen MR) is 110 cm³/mol. The number of fused-ring (bicyclic) bond motifs is 2. The van der Waals surface area contributed by atoms with Crippen molar-refractivity contribution in [1.82, 2.24) is 4.90 Å². The van der Waals surface area contributed by atoms with Crippen LogP contribution in [0.1, 0.15) is 41.0 Å². The van der Waals surface area contributed by atoms with E-state index in [1.165, 1.54) is 0 Å². The Morgan fingerprint density at radius 3 is 2.07 bits per heavy atom. The van der Waals surface area contributed by atoms with E-state index < -0.39 is 23.8 Å². The van der Waals surface area contributed by atoms with E-state index in [4.69, 9.17) is 4.74 Å². The zero-order valence-corrected chi connectivity index (χ0v) is 16.3. The van der Waals surface area contributed by atoms with Gasteiger partial charge in [0, 0.05) is 0 Å². The number of carbonyl (C=O) groups is 3. The van der Waals surface area contributed by atoms with Gasteiger partial charge in [0.1, 0.15) is 11.8 Å². The minimum atomic E-state index is -0.978. The maximum absolute atomic E-state index is 13.0. The first-order chi connectivity index (χ1) is 14.0. The molecule has 0 fully saturated rings. The average Bonchev–Trinajstić information content (AvgIpc) is 2.96. The molecule has 1 heterocycles. The van der Waals surface area contributed by atoms with Gasteiger partial charge in [0.05, 0.1) is 11.1 Å². The number of benzene rings is 3. The molecule has 0 saturated carbocycles. The second-order valence-corrected chi connectivity index (χ2v) is 7.60. The average molecular weight is 387 g/mol. The lowest BCUT2D eigenvalue weighted by Crippen LogP contribution is -2.47. The first-order valence-corrected chi connectivity index (χ1v) is 9.63. The van der Waals surface area contributed by atoms with E-state index in [1.54, 1.807) is 36.4 Å². The van der Waals surface area contributed by atoms with Crippen LogP contribution in [0.15, 0.2) is 66.7 Å². The van der Waals surface area contributed by atoms with Crippen LogP contribution in [0.5, 0.6) is 5.75 Å². The Bertz CT molecular complexity index is 1080. The van der Waals surface area contributed by atoms with Gasteiger partial charge < -0.3 is 4.74 Å². The molecule has 0 unspecified atom stereocenters. The SMILES string of the molecule is CC(C)C[C@H](C(=O)Oc1ccc2ccccc2c1)N1C(=O)c2ccccc2C1=O. The van der Waals surface area contributed by atoms with Gasteiger partial charge in [0.15, 0.2) is 0 Å². The summed E-state index contributed by atoms with van der Waals surface area (Å²) < 4.78 is 5.61. The topological polar surface area (TPSA) is 63.7 Å². The molecule has 0 N–H and O–H groups in total. The van der Waals surface area contributed by atoms with E-state index in [-0.39, 0.29) is 5.92 Å². The van der Waals surface area contributed by atoms with Crippen molar-refractivity contribution in [3.63, 3.8) is 0 Å². The molecule has 0 spiro atoms. The van der Waals surface area contributed by atoms with Gasteiger partial charge in [-0.25, -0.2) is 4.79 Å². The molecule has 29 heavy (non-hydrogen) atoms. The molecule has 1 aliphatic rings. The number of nitrogens with zero attached hydrogens (tertiary/aromatic N) is 1. The number of hydrogen-bond acceptors (Lipinski definition) is 4. The molecule has 1 aliphatic heterocycles. The molecule has 3 aromatic carbocycles. The number of ether oxygens (including phenoxy) is 1. The van der Waals surface area contributed by atoms with Gasteiger partial charge in [-0.1, -0.05) is 56.3 Å². The van der Waals surface area contributed by atoms with Gasteiger partial charge >= 0.3 is 5.97 Å². The Hall–Kier alpha value is -3.47. The Labute approximate surface area is 168 Å². The van der Waals surface area contributed by atoms with Crippen molar-refractivity contribution >= 4 is 28.6 Å². The van der Waals surface area contributed by atoms with Crippen LogP contribution >= 0.6 is 0 Å². The molecule has 5 heteroatoms. The fourth-order valence-electron chi connectivity index (χ4n) is 3.66. The van der Waals surface area contributed by atoms with E-state index in [1.807, 2.05) is 44.2 Å². The fraction of sp³-hybridized carbons (Fsp3) is 0.208. The number of amides is 2. The molecule has 1 atom stereocenters. The third-order valence-electron chi connectivity index (χ3n) is 5.04. The highest BCUT2D eigenvalue weighted by molar-refractivity contribution is 6.22. The number of rotatable bonds is 5. The quantitative estimate of drug-likeness (QED) is 0.368. The van der Waals surface area contributed by atoms with Crippen LogP contribution in [-0.2, 0) is 4.79 Å². The van der Waals surface area contributed by atoms with Crippen LogP contribution in [0.4, 0.5) is 0 Å². The van der Waals surface area contributed by atoms with Gasteiger partial charge in [0.25, 0.3) is 11.8 Å². The zero-order chi connectivity index (χ0) is 20.5. The minimum absolute atomic E-state index is 0.0912. The smallest absolute Gasteiger partial charge is 0.334 e. The summed E-state index contributed by atoms with van der Waals surface area (Å²) in [6.07, 6.45) is 0.331. The standard InChI is InChI=1S/C24H21NO4/c1-15(2)13-21(25-22(26)19-9-5-6-10-20(19)23(25)27)24(28)29-18-12-11-16-7-3-4-8-17(16)14-18/h3-12,14-15,21H,13H2,1-2H3/t21-/m1/s1. The van der Waals surface area contributed by atoms with Crippen LogP contribution in [-0.4, -0.2) is 28.7 Å². The number of carbonyl (C=O) groups excluding carboxylic acids is 3. The maximum atomic E-state index is 13.0. The molecule has 4 rings (SSSR count). The van der Waals surface area contributed by atoms with Crippen molar-refractivity contribution in [2.75, 3.05) is 0 Å². The summed E-state index contributed by atoms with van der Waals surface area (Å²) in [4.78, 5) is 39.8. The maximum Gasteiger partial charge on any atom is 0.334 e. The van der Waals surface area contributed by atoms with Crippen LogP contribution in [0, 0.1) is 5.92 Å². The van der Waals surface area contributed by atoms with Crippen molar-refractivity contribution < 1.29 is 19.1 Å². The summed E-state index contributed by atoms with van der Waals surface area (Å²) >= 11 is 0. The largest absolute Gasteiger partial charge is 0.425 e. The lowest BCUT2D eigenvalue weighted by Gasteiger charge is -2.26. The molecule has 0 aliphatic carbocycles. The molecular formula is C24H21NO4. The van der Waals surface area contributed by atoms with E-state index >= 15 is 0 Å². The Balaban J connectivity index is 1.63. The van der Waals surface area contributed by atoms with E-state index in [0.717, 1.165) is 15.7 Å². The zero-order valence-electron chi connectivity index (χ0n) is 16.3. The summed E-state index contributed by atoms with van der Waals surface area (Å²) in [6.45, 7) is 3.88. The van der Waals surface area contributed by atoms with Crippen molar-refractivity contribution in [1.29, 1.82) is 0 Å². The van der Waals surface area contributed by atoms with Gasteiger partial charge in [-0.2, -0.15) is 0 Å². The lowest BCUT2D eigenvalue weighted by molar-refractivity contribution is -0.139. The van der Waals surface area contributed by atoms with Crippen LogP contribution in [0.25, 0.3) is 10.8 Å². The molecule has 5 nitrogen and oxygen atoms in total. The van der Waals surface area contributed by atoms with Gasteiger partial charge in [0.2, 0.25) is 0 Å². The first kappa shape index (κ1) is 18.9. The van der Waals surface area contributed by atoms with Crippen LogP contribution in [0.3, 0.4) is 0 Å². The molecule has 0 radical (unpaired) electrons. The molecule has 0 aromatic heterocycles. The van der Waals surface area contributed by atoms with Crippen molar-refractivity contribution in [2.45, 2.75) is 26.3 Å². The van der Waals surface area contributed by atoms with Gasteiger partial charge in [-0.15, -0.1) is 0 Å². The highest BCUT2D eigenvalue weighted by Gasteiger charge is 2.43. The molecule has 2 amide bonds. The monoisotopic (exact) mass is 387 g/mol. The summed E-state index contributed by atoms with van der Waals surface area (Å²) in [6, 6.07) is 18.8. The van der Waals surface area contributed by atoms with Gasteiger partial charge in [-0.05, 0) is 47.4 Å². The number of imide groups is 1. The Morgan fingerprint density at radius 2 is 1.45 bits per heavy atom. The lowest BCUT2D eigenvalue weighted by atomic mass is 10.0. The van der Waals surface area contributed by atoms with Crippen molar-refractivity contribution in [2.24, 2.45) is 5.92 Å². The van der Waals surface area contributed by atoms with E-state index in [0.29, 0.717) is 23.3 Å². The van der Waals surface area contributed by atoms with E-state index in [2.05, 4.69) is 0 Å². The second-order valence-electron chi connectivity index (χ2n) is 7.60. The Morgan fingerprint density at radius 1 is 0.862 bits per heavy atom. The summed E-state index contributed by atoms with van der Waals surface area (Å²) in [5, 5.41) is 1.98. The number of esters is 1. The van der Waals surface area contributed by atoms with Crippen LogP contribution < -0.4 is 4.74 Å². The summed E-state index contributed by atoms with van der Waals surface area (Å²) in [5.74, 6) is -1.03. The second kappa shape index (κ2) is 7.51. The highest BCUT2D eigenvalue weighted by Crippen LogP contribution is 2.28. The molecular weight excluding hydrogens is 366 g/mol. The molecule has 0 bridgehead atoms. The summed E-state index contributed by atoms with van der Waals surface area (Å²) in [7, 11) is 0. The van der Waals surface area contributed by atoms with Gasteiger partial charge in [-0.3, -0.25) is 14.5 Å². The van der Waals surface area contributed by atoms with Crippen LogP contribution in [0.2, 0.25) is 0 Å². The van der Waals surface area contributed by atoms with E-state index in [9.17, 15) is 14.4 Å². The fourth-order valence-corrected chi connectivity index (χ4v) is 3.66. The molecule has 146 valence electrons. The Kier molecular flexibility index (Phi) is 4.89. The number of hydrogen-bond donors (Lipinski definition) is 0. The van der Waals surface area contributed by atoms with Crippen molar-refractivity contribution in [3.05, 3.63) is 77.9 Å². The normalized spacial score (nSPS) is 14.4. The molecule has 0 saturated heterocycles. The third kappa shape index (κ3) is 3.51. The highest BCUT2D eigenvalue weighted by atomic mass is 16.5. The molecule has 3 aromatic rings. The minimum Gasteiger partial charge on any atom is -0.425 e. The first-order valence-electron chi connectivity index (χ1n) is 9.63. The van der Waals surface area contributed by atoms with Crippen molar-refractivity contribution in [3.8, 4) is 5.75 Å².